The number of hydrogen-bond acceptors (Lipinski definition) is 1. The van der Waals surface area contributed by atoms with Gasteiger partial charge in [-0.1, -0.05) is 176 Å². The Balaban J connectivity index is 0.987. The van der Waals surface area contributed by atoms with E-state index >= 15 is 0 Å². The molecule has 10 aromatic rings. The van der Waals surface area contributed by atoms with Crippen LogP contribution in [0, 0.1) is 5.41 Å². The number of fused-ring (bicyclic) bond motifs is 7. The number of aromatic nitrogens is 1. The second-order valence-electron chi connectivity index (χ2n) is 14.1. The van der Waals surface area contributed by atoms with Crippen molar-refractivity contribution in [1.29, 1.82) is 5.41 Å². The summed E-state index contributed by atoms with van der Waals surface area (Å²) in [6.07, 6.45) is 3.87. The number of allylic oxidation sites excluding steroid dienone is 3. The lowest BCUT2D eigenvalue weighted by Crippen LogP contribution is -1.95. The molecule has 0 unspecified atom stereocenters. The summed E-state index contributed by atoms with van der Waals surface area (Å²) >= 11 is 0. The molecule has 55 heavy (non-hydrogen) atoms. The molecule has 0 bridgehead atoms. The van der Waals surface area contributed by atoms with E-state index in [1.807, 2.05) is 12.2 Å². The molecule has 2 heteroatoms. The van der Waals surface area contributed by atoms with E-state index in [0.29, 0.717) is 5.71 Å². The predicted octanol–water partition coefficient (Wildman–Crippen LogP) is 14.2. The molecule has 1 aromatic heterocycles. The Labute approximate surface area is 320 Å². The van der Waals surface area contributed by atoms with Crippen LogP contribution in [0.4, 0.5) is 0 Å². The predicted molar refractivity (Wildman–Crippen MR) is 236 cm³/mol. The molecule has 0 radical (unpaired) electrons. The molecule has 258 valence electrons. The highest BCUT2D eigenvalue weighted by atomic mass is 15.0. The fraction of sp³-hybridized carbons (Fsp3) is 0. The van der Waals surface area contributed by atoms with Crippen molar-refractivity contribution in [2.75, 3.05) is 0 Å². The minimum Gasteiger partial charge on any atom is -0.309 e. The van der Waals surface area contributed by atoms with Crippen LogP contribution in [0.3, 0.4) is 0 Å². The zero-order valence-corrected chi connectivity index (χ0v) is 30.2. The molecule has 0 amide bonds. The second-order valence-corrected chi connectivity index (χ2v) is 14.1. The van der Waals surface area contributed by atoms with Gasteiger partial charge < -0.3 is 9.98 Å². The molecule has 0 saturated carbocycles. The third-order valence-corrected chi connectivity index (χ3v) is 11.0. The number of hydrogen-bond donors (Lipinski definition) is 1. The summed E-state index contributed by atoms with van der Waals surface area (Å²) in [5.41, 5.74) is 11.5. The van der Waals surface area contributed by atoms with Crippen molar-refractivity contribution < 1.29 is 0 Å². The lowest BCUT2D eigenvalue weighted by molar-refractivity contribution is 1.19. The van der Waals surface area contributed by atoms with Crippen molar-refractivity contribution >= 4 is 65.4 Å². The molecule has 0 aliphatic carbocycles. The molecular weight excluding hydrogens is 665 g/mol. The van der Waals surface area contributed by atoms with E-state index in [9.17, 15) is 0 Å². The summed E-state index contributed by atoms with van der Waals surface area (Å²) in [6.45, 7) is 4.55. The van der Waals surface area contributed by atoms with Gasteiger partial charge in [0.1, 0.15) is 0 Å². The summed E-state index contributed by atoms with van der Waals surface area (Å²) in [7, 11) is 0. The highest BCUT2D eigenvalue weighted by Crippen LogP contribution is 2.42. The Hall–Kier alpha value is -7.29. The van der Waals surface area contributed by atoms with Gasteiger partial charge in [-0.2, -0.15) is 0 Å². The fourth-order valence-electron chi connectivity index (χ4n) is 8.40. The minimum atomic E-state index is 0.440. The number of nitrogens with zero attached hydrogens (tertiary/aromatic N) is 1. The maximum absolute atomic E-state index is 9.05. The van der Waals surface area contributed by atoms with E-state index in [1.165, 1.54) is 54.5 Å². The first-order valence-electron chi connectivity index (χ1n) is 18.7. The van der Waals surface area contributed by atoms with Crippen LogP contribution in [-0.2, 0) is 0 Å². The van der Waals surface area contributed by atoms with Crippen LogP contribution in [0.25, 0.3) is 87.6 Å². The molecule has 1 heterocycles. The number of rotatable bonds is 7. The Morgan fingerprint density at radius 1 is 0.455 bits per heavy atom. The maximum Gasteiger partial charge on any atom is 0.0619 e. The van der Waals surface area contributed by atoms with E-state index in [0.717, 1.165) is 44.3 Å². The SMILES string of the molecule is C=C(/C=C\C(=N)c1ccc(-c2ccc3c(c2)c2ccc4ccccc4c2n3-c2ccccc2)cc1)c1c2ccccc2c(-c2ccccc2)c2ccccc12. The topological polar surface area (TPSA) is 28.8 Å². The third-order valence-electron chi connectivity index (χ3n) is 11.0. The van der Waals surface area contributed by atoms with E-state index in [4.69, 9.17) is 5.41 Å². The first-order valence-corrected chi connectivity index (χ1v) is 18.7. The van der Waals surface area contributed by atoms with Gasteiger partial charge >= 0.3 is 0 Å². The third kappa shape index (κ3) is 5.47. The summed E-state index contributed by atoms with van der Waals surface area (Å²) in [6, 6.07) is 66.7. The Morgan fingerprint density at radius 2 is 1.04 bits per heavy atom. The lowest BCUT2D eigenvalue weighted by Gasteiger charge is -2.17. The molecule has 0 fully saturated rings. The Morgan fingerprint density at radius 3 is 1.73 bits per heavy atom. The van der Waals surface area contributed by atoms with Gasteiger partial charge in [0.2, 0.25) is 0 Å². The maximum atomic E-state index is 9.05. The van der Waals surface area contributed by atoms with Crippen LogP contribution >= 0.6 is 0 Å². The van der Waals surface area contributed by atoms with Crippen molar-refractivity contribution in [3.8, 4) is 27.9 Å². The minimum absolute atomic E-state index is 0.440. The molecule has 9 aromatic carbocycles. The standard InChI is InChI=1S/C53H36N2/c1-35(51-43-20-10-12-22-45(43)52(39-15-4-2-5-16-39)46-23-13-11-21-44(46)51)24-32-49(54)38-27-25-36(26-28-38)40-30-33-50-48(34-40)47-31-29-37-14-8-9-19-42(37)53(47)55(50)41-17-6-3-7-18-41/h2-34,54H,1H2/b32-24-,54-49?. The first-order chi connectivity index (χ1) is 27.1. The normalized spacial score (nSPS) is 11.7. The van der Waals surface area contributed by atoms with E-state index in [1.54, 1.807) is 0 Å². The molecule has 1 N–H and O–H groups in total. The zero-order valence-electron chi connectivity index (χ0n) is 30.2. The molecule has 10 rings (SSSR count). The largest absolute Gasteiger partial charge is 0.309 e. The Kier molecular flexibility index (Phi) is 7.82. The quantitative estimate of drug-likeness (QED) is 0.0974. The Bertz CT molecular complexity index is 3090. The average Bonchev–Trinajstić information content (AvgIpc) is 3.59. The molecule has 2 nitrogen and oxygen atoms in total. The molecule has 0 aliphatic rings. The van der Waals surface area contributed by atoms with Gasteiger partial charge in [-0.05, 0) is 96.2 Å². The monoisotopic (exact) mass is 700 g/mol. The average molecular weight is 701 g/mol. The van der Waals surface area contributed by atoms with Crippen molar-refractivity contribution in [3.63, 3.8) is 0 Å². The number of nitrogens with one attached hydrogen (secondary N) is 1. The first kappa shape index (κ1) is 32.4. The summed E-state index contributed by atoms with van der Waals surface area (Å²) in [4.78, 5) is 0. The lowest BCUT2D eigenvalue weighted by atomic mass is 9.86. The molecule has 0 aliphatic heterocycles. The number of benzene rings is 9. The summed E-state index contributed by atoms with van der Waals surface area (Å²) < 4.78 is 2.39. The van der Waals surface area contributed by atoms with Crippen molar-refractivity contribution in [2.24, 2.45) is 0 Å². The zero-order chi connectivity index (χ0) is 36.9. The van der Waals surface area contributed by atoms with E-state index in [2.05, 4.69) is 199 Å². The van der Waals surface area contributed by atoms with Crippen molar-refractivity contribution in [2.45, 2.75) is 0 Å². The van der Waals surface area contributed by atoms with Crippen molar-refractivity contribution in [3.05, 3.63) is 218 Å². The van der Waals surface area contributed by atoms with Gasteiger partial charge in [0.25, 0.3) is 0 Å². The van der Waals surface area contributed by atoms with E-state index in [-0.39, 0.29) is 0 Å². The van der Waals surface area contributed by atoms with Crippen LogP contribution in [0.5, 0.6) is 0 Å². The fourth-order valence-corrected chi connectivity index (χ4v) is 8.40. The highest BCUT2D eigenvalue weighted by molar-refractivity contribution is 6.21. The van der Waals surface area contributed by atoms with Crippen LogP contribution in [-0.4, -0.2) is 10.3 Å². The van der Waals surface area contributed by atoms with Crippen LogP contribution in [0.2, 0.25) is 0 Å². The van der Waals surface area contributed by atoms with Gasteiger partial charge in [0, 0.05) is 21.8 Å². The van der Waals surface area contributed by atoms with Crippen LogP contribution < -0.4 is 0 Å². The number of para-hydroxylation sites is 1. The van der Waals surface area contributed by atoms with Gasteiger partial charge in [-0.25, -0.2) is 0 Å². The summed E-state index contributed by atoms with van der Waals surface area (Å²) in [5, 5.41) is 18.7. The highest BCUT2D eigenvalue weighted by Gasteiger charge is 2.17. The van der Waals surface area contributed by atoms with Crippen molar-refractivity contribution in [1.82, 2.24) is 4.57 Å². The van der Waals surface area contributed by atoms with Gasteiger partial charge in [0.15, 0.2) is 0 Å². The summed E-state index contributed by atoms with van der Waals surface area (Å²) in [5.74, 6) is 0. The molecular formula is C53H36N2. The van der Waals surface area contributed by atoms with Crippen LogP contribution in [0.1, 0.15) is 11.1 Å². The molecule has 0 atom stereocenters. The van der Waals surface area contributed by atoms with Gasteiger partial charge in [-0.15, -0.1) is 0 Å². The van der Waals surface area contributed by atoms with Gasteiger partial charge in [0.05, 0.1) is 16.7 Å². The van der Waals surface area contributed by atoms with Crippen LogP contribution in [0.15, 0.2) is 207 Å². The van der Waals surface area contributed by atoms with E-state index < -0.39 is 0 Å². The second kappa shape index (κ2) is 13.3. The molecule has 0 saturated heterocycles. The molecule has 0 spiro atoms. The smallest absolute Gasteiger partial charge is 0.0619 e. The van der Waals surface area contributed by atoms with Gasteiger partial charge in [-0.3, -0.25) is 0 Å².